The van der Waals surface area contributed by atoms with Crippen molar-refractivity contribution in [3.05, 3.63) is 30.5 Å². The van der Waals surface area contributed by atoms with Gasteiger partial charge >= 0.3 is 5.97 Å². The van der Waals surface area contributed by atoms with Gasteiger partial charge < -0.3 is 15.1 Å². The summed E-state index contributed by atoms with van der Waals surface area (Å²) >= 11 is 0. The number of aromatic amines is 2. The Balaban J connectivity index is 1.95. The first-order valence-electron chi connectivity index (χ1n) is 5.50. The topological polar surface area (TPSA) is 99.1 Å². The third-order valence-corrected chi connectivity index (χ3v) is 2.73. The SMILES string of the molecule is O=C(O)CCc1cnc2[nH]c(-c3ncc[nH]3)cn12. The van der Waals surface area contributed by atoms with Gasteiger partial charge in [-0.05, 0) is 0 Å². The molecule has 92 valence electrons. The van der Waals surface area contributed by atoms with Gasteiger partial charge in [-0.25, -0.2) is 9.97 Å². The minimum absolute atomic E-state index is 0.0923. The number of carboxylic acid groups (broad SMARTS) is 1. The van der Waals surface area contributed by atoms with E-state index in [-0.39, 0.29) is 6.42 Å². The number of carboxylic acids is 1. The van der Waals surface area contributed by atoms with Crippen LogP contribution in [0.4, 0.5) is 0 Å². The third kappa shape index (κ3) is 1.75. The zero-order valence-corrected chi connectivity index (χ0v) is 9.42. The number of H-pyrrole nitrogens is 2. The van der Waals surface area contributed by atoms with Crippen LogP contribution in [0, 0.1) is 0 Å². The van der Waals surface area contributed by atoms with Crippen molar-refractivity contribution in [3.8, 4) is 11.5 Å². The fourth-order valence-electron chi connectivity index (χ4n) is 1.87. The molecule has 3 heterocycles. The molecule has 7 nitrogen and oxygen atoms in total. The molecule has 0 bridgehead atoms. The number of nitrogens with zero attached hydrogens (tertiary/aromatic N) is 3. The molecule has 7 heteroatoms. The van der Waals surface area contributed by atoms with Gasteiger partial charge in [-0.3, -0.25) is 9.20 Å². The van der Waals surface area contributed by atoms with E-state index >= 15 is 0 Å². The first-order chi connectivity index (χ1) is 8.74. The Morgan fingerprint density at radius 3 is 3.06 bits per heavy atom. The van der Waals surface area contributed by atoms with Crippen LogP contribution in [0.1, 0.15) is 12.1 Å². The second kappa shape index (κ2) is 4.02. The van der Waals surface area contributed by atoms with E-state index in [1.54, 1.807) is 18.6 Å². The summed E-state index contributed by atoms with van der Waals surface area (Å²) in [5, 5.41) is 8.69. The summed E-state index contributed by atoms with van der Waals surface area (Å²) in [4.78, 5) is 25.0. The highest BCUT2D eigenvalue weighted by molar-refractivity contribution is 5.67. The maximum atomic E-state index is 10.6. The highest BCUT2D eigenvalue weighted by Crippen LogP contribution is 2.16. The molecule has 0 fully saturated rings. The lowest BCUT2D eigenvalue weighted by atomic mass is 10.2. The predicted molar refractivity (Wildman–Crippen MR) is 63.1 cm³/mol. The van der Waals surface area contributed by atoms with Gasteiger partial charge in [0, 0.05) is 30.7 Å². The quantitative estimate of drug-likeness (QED) is 0.640. The van der Waals surface area contributed by atoms with Crippen LogP contribution in [0.5, 0.6) is 0 Å². The minimum Gasteiger partial charge on any atom is -0.481 e. The van der Waals surface area contributed by atoms with Gasteiger partial charge in [0.05, 0.1) is 12.6 Å². The zero-order valence-electron chi connectivity index (χ0n) is 9.42. The van der Waals surface area contributed by atoms with Crippen LogP contribution < -0.4 is 0 Å². The van der Waals surface area contributed by atoms with E-state index in [1.165, 1.54) is 0 Å². The van der Waals surface area contributed by atoms with Crippen LogP contribution in [0.25, 0.3) is 17.3 Å². The lowest BCUT2D eigenvalue weighted by Crippen LogP contribution is -1.99. The molecular weight excluding hydrogens is 234 g/mol. The summed E-state index contributed by atoms with van der Waals surface area (Å²) < 4.78 is 1.85. The van der Waals surface area contributed by atoms with Crippen molar-refractivity contribution in [1.82, 2.24) is 24.3 Å². The summed E-state index contributed by atoms with van der Waals surface area (Å²) in [7, 11) is 0. The van der Waals surface area contributed by atoms with E-state index in [2.05, 4.69) is 19.9 Å². The molecule has 0 atom stereocenters. The number of imidazole rings is 3. The van der Waals surface area contributed by atoms with Crippen LogP contribution in [-0.4, -0.2) is 35.4 Å². The van der Waals surface area contributed by atoms with Gasteiger partial charge in [-0.15, -0.1) is 0 Å². The van der Waals surface area contributed by atoms with Crippen LogP contribution in [-0.2, 0) is 11.2 Å². The molecule has 0 saturated heterocycles. The van der Waals surface area contributed by atoms with Crippen molar-refractivity contribution in [2.24, 2.45) is 0 Å². The Hall–Kier alpha value is -2.57. The number of nitrogens with one attached hydrogen (secondary N) is 2. The number of aliphatic carboxylic acids is 1. The van der Waals surface area contributed by atoms with E-state index in [0.717, 1.165) is 17.2 Å². The fraction of sp³-hybridized carbons (Fsp3) is 0.182. The highest BCUT2D eigenvalue weighted by atomic mass is 16.4. The molecule has 0 aliphatic carbocycles. The van der Waals surface area contributed by atoms with Gasteiger partial charge in [0.1, 0.15) is 5.69 Å². The zero-order chi connectivity index (χ0) is 12.5. The maximum absolute atomic E-state index is 10.6. The number of fused-ring (bicyclic) bond motifs is 1. The molecule has 3 N–H and O–H groups in total. The highest BCUT2D eigenvalue weighted by Gasteiger charge is 2.10. The van der Waals surface area contributed by atoms with E-state index in [4.69, 9.17) is 5.11 Å². The number of rotatable bonds is 4. The molecular formula is C11H11N5O2. The number of hydrogen-bond donors (Lipinski definition) is 3. The molecule has 0 spiro atoms. The second-order valence-electron chi connectivity index (χ2n) is 3.94. The Labute approximate surface area is 102 Å². The van der Waals surface area contributed by atoms with E-state index in [0.29, 0.717) is 12.2 Å². The molecule has 3 aromatic rings. The standard InChI is InChI=1S/C11H11N5O2/c17-9(18)2-1-7-5-14-11-15-8(6-16(7)11)10-12-3-4-13-10/h3-6H,1-2H2,(H,12,13)(H,14,15)(H,17,18). The third-order valence-electron chi connectivity index (χ3n) is 2.73. The summed E-state index contributed by atoms with van der Waals surface area (Å²) in [5.41, 5.74) is 1.68. The average molecular weight is 245 g/mol. The normalized spacial score (nSPS) is 11.1. The number of hydrogen-bond acceptors (Lipinski definition) is 3. The number of aryl methyl sites for hydroxylation is 1. The Morgan fingerprint density at radius 1 is 1.44 bits per heavy atom. The van der Waals surface area contributed by atoms with E-state index < -0.39 is 5.97 Å². The smallest absolute Gasteiger partial charge is 0.303 e. The van der Waals surface area contributed by atoms with Gasteiger partial charge in [-0.1, -0.05) is 0 Å². The molecule has 0 radical (unpaired) electrons. The summed E-state index contributed by atoms with van der Waals surface area (Å²) in [6, 6.07) is 0. The Morgan fingerprint density at radius 2 is 2.33 bits per heavy atom. The Kier molecular flexibility index (Phi) is 2.36. The van der Waals surface area contributed by atoms with E-state index in [9.17, 15) is 4.79 Å². The first kappa shape index (κ1) is 10.6. The number of carbonyl (C=O) groups is 1. The molecule has 0 unspecified atom stereocenters. The molecule has 3 rings (SSSR count). The second-order valence-corrected chi connectivity index (χ2v) is 3.94. The Bertz CT molecular complexity index is 679. The molecule has 18 heavy (non-hydrogen) atoms. The maximum Gasteiger partial charge on any atom is 0.303 e. The van der Waals surface area contributed by atoms with Crippen LogP contribution in [0.15, 0.2) is 24.8 Å². The average Bonchev–Trinajstić information content (AvgIpc) is 3.02. The summed E-state index contributed by atoms with van der Waals surface area (Å²) in [6.45, 7) is 0. The van der Waals surface area contributed by atoms with Gasteiger partial charge in [0.2, 0.25) is 5.78 Å². The molecule has 0 aliphatic rings. The van der Waals surface area contributed by atoms with Crippen LogP contribution in [0.2, 0.25) is 0 Å². The van der Waals surface area contributed by atoms with Crippen molar-refractivity contribution >= 4 is 11.7 Å². The van der Waals surface area contributed by atoms with Crippen LogP contribution >= 0.6 is 0 Å². The summed E-state index contributed by atoms with van der Waals surface area (Å²) in [5.74, 6) is 0.596. The van der Waals surface area contributed by atoms with Crippen molar-refractivity contribution in [2.75, 3.05) is 0 Å². The predicted octanol–water partition coefficient (Wildman–Crippen LogP) is 1.07. The molecule has 0 aliphatic heterocycles. The minimum atomic E-state index is -0.813. The molecule has 0 saturated carbocycles. The lowest BCUT2D eigenvalue weighted by molar-refractivity contribution is -0.136. The van der Waals surface area contributed by atoms with Crippen molar-refractivity contribution < 1.29 is 9.90 Å². The van der Waals surface area contributed by atoms with Gasteiger partial charge in [0.25, 0.3) is 0 Å². The van der Waals surface area contributed by atoms with Crippen molar-refractivity contribution in [3.63, 3.8) is 0 Å². The first-order valence-corrected chi connectivity index (χ1v) is 5.50. The summed E-state index contributed by atoms with van der Waals surface area (Å²) in [6.07, 6.45) is 7.49. The van der Waals surface area contributed by atoms with Crippen molar-refractivity contribution in [2.45, 2.75) is 12.8 Å². The van der Waals surface area contributed by atoms with Crippen molar-refractivity contribution in [1.29, 1.82) is 0 Å². The fourth-order valence-corrected chi connectivity index (χ4v) is 1.87. The van der Waals surface area contributed by atoms with E-state index in [1.807, 2.05) is 10.6 Å². The molecule has 0 amide bonds. The largest absolute Gasteiger partial charge is 0.481 e. The van der Waals surface area contributed by atoms with Crippen LogP contribution in [0.3, 0.4) is 0 Å². The van der Waals surface area contributed by atoms with Gasteiger partial charge in [0.15, 0.2) is 5.82 Å². The number of aromatic nitrogens is 5. The molecule has 3 aromatic heterocycles. The lowest BCUT2D eigenvalue weighted by Gasteiger charge is -1.94. The molecule has 0 aromatic carbocycles. The monoisotopic (exact) mass is 245 g/mol. The van der Waals surface area contributed by atoms with Gasteiger partial charge in [-0.2, -0.15) is 0 Å².